The third kappa shape index (κ3) is 5.18. The number of halogens is 1. The van der Waals surface area contributed by atoms with Crippen LogP contribution in [0, 0.1) is 5.82 Å². The fraction of sp³-hybridized carbons (Fsp3) is 0.136. The molecule has 132 valence electrons. The number of rotatable bonds is 7. The molecule has 3 nitrogen and oxygen atoms in total. The highest BCUT2D eigenvalue weighted by molar-refractivity contribution is 5.82. The molecule has 0 radical (unpaired) electrons. The Morgan fingerprint density at radius 3 is 2.46 bits per heavy atom. The fourth-order valence-corrected chi connectivity index (χ4v) is 2.42. The summed E-state index contributed by atoms with van der Waals surface area (Å²) in [5.74, 6) is 1.28. The zero-order valence-corrected chi connectivity index (χ0v) is 14.6. The zero-order chi connectivity index (χ0) is 18.2. The average molecular weight is 349 g/mol. The lowest BCUT2D eigenvalue weighted by atomic mass is 10.2. The van der Waals surface area contributed by atoms with Gasteiger partial charge in [0.1, 0.15) is 23.9 Å². The van der Waals surface area contributed by atoms with Gasteiger partial charge in [0, 0.05) is 6.21 Å². The molecule has 0 bridgehead atoms. The average Bonchev–Trinajstić information content (AvgIpc) is 2.67. The highest BCUT2D eigenvalue weighted by Gasteiger charge is 1.99. The Hall–Kier alpha value is -3.14. The van der Waals surface area contributed by atoms with Crippen molar-refractivity contribution in [3.05, 3.63) is 89.7 Å². The van der Waals surface area contributed by atoms with Crippen LogP contribution in [0.15, 0.2) is 77.8 Å². The van der Waals surface area contributed by atoms with Crippen molar-refractivity contribution in [3.63, 3.8) is 0 Å². The van der Waals surface area contributed by atoms with Crippen molar-refractivity contribution < 1.29 is 13.9 Å². The van der Waals surface area contributed by atoms with E-state index in [1.807, 2.05) is 61.5 Å². The molecule has 0 atom stereocenters. The Morgan fingerprint density at radius 1 is 0.885 bits per heavy atom. The van der Waals surface area contributed by atoms with Crippen molar-refractivity contribution in [2.45, 2.75) is 13.5 Å². The lowest BCUT2D eigenvalue weighted by molar-refractivity contribution is 0.305. The molecule has 0 heterocycles. The first-order chi connectivity index (χ1) is 12.7. The summed E-state index contributed by atoms with van der Waals surface area (Å²) in [6.45, 7) is 2.91. The number of aliphatic imine (C=N–C) groups is 1. The van der Waals surface area contributed by atoms with Gasteiger partial charge in [0.2, 0.25) is 0 Å². The van der Waals surface area contributed by atoms with Crippen molar-refractivity contribution in [2.75, 3.05) is 6.61 Å². The molecule has 26 heavy (non-hydrogen) atoms. The highest BCUT2D eigenvalue weighted by Crippen LogP contribution is 2.19. The molecule has 0 saturated heterocycles. The predicted molar refractivity (Wildman–Crippen MR) is 102 cm³/mol. The van der Waals surface area contributed by atoms with Gasteiger partial charge in [-0.1, -0.05) is 24.3 Å². The molecular weight excluding hydrogens is 329 g/mol. The minimum Gasteiger partial charge on any atom is -0.494 e. The SMILES string of the molecule is CCOc1ccc(N=Cc2cccc(OCc3cccc(F)c3)c2)cc1. The smallest absolute Gasteiger partial charge is 0.123 e. The molecule has 0 amide bonds. The van der Waals surface area contributed by atoms with Crippen LogP contribution in [0.2, 0.25) is 0 Å². The van der Waals surface area contributed by atoms with Crippen LogP contribution >= 0.6 is 0 Å². The molecule has 3 aromatic rings. The quantitative estimate of drug-likeness (QED) is 0.523. The monoisotopic (exact) mass is 349 g/mol. The molecule has 0 aliphatic carbocycles. The normalized spacial score (nSPS) is 10.8. The van der Waals surface area contributed by atoms with Gasteiger partial charge in [-0.3, -0.25) is 4.99 Å². The Morgan fingerprint density at radius 2 is 1.69 bits per heavy atom. The number of ether oxygens (including phenoxy) is 2. The molecule has 3 aromatic carbocycles. The first-order valence-electron chi connectivity index (χ1n) is 8.47. The van der Waals surface area contributed by atoms with Gasteiger partial charge in [-0.2, -0.15) is 0 Å². The molecule has 0 saturated carbocycles. The van der Waals surface area contributed by atoms with Crippen molar-refractivity contribution in [2.24, 2.45) is 4.99 Å². The molecule has 0 aromatic heterocycles. The van der Waals surface area contributed by atoms with Gasteiger partial charge in [-0.15, -0.1) is 0 Å². The maximum absolute atomic E-state index is 13.2. The van der Waals surface area contributed by atoms with Crippen LogP contribution in [0.4, 0.5) is 10.1 Å². The second kappa shape index (κ2) is 8.81. The van der Waals surface area contributed by atoms with E-state index < -0.39 is 0 Å². The fourth-order valence-electron chi connectivity index (χ4n) is 2.42. The maximum Gasteiger partial charge on any atom is 0.123 e. The van der Waals surface area contributed by atoms with Crippen molar-refractivity contribution in [3.8, 4) is 11.5 Å². The van der Waals surface area contributed by atoms with Crippen molar-refractivity contribution in [1.82, 2.24) is 0 Å². The summed E-state index contributed by atoms with van der Waals surface area (Å²) < 4.78 is 24.4. The van der Waals surface area contributed by atoms with Gasteiger partial charge in [0.15, 0.2) is 0 Å². The predicted octanol–water partition coefficient (Wildman–Crippen LogP) is 5.55. The molecule has 4 heteroatoms. The van der Waals surface area contributed by atoms with Crippen LogP contribution in [0.1, 0.15) is 18.1 Å². The molecule has 3 rings (SSSR count). The van der Waals surface area contributed by atoms with E-state index in [4.69, 9.17) is 9.47 Å². The highest BCUT2D eigenvalue weighted by atomic mass is 19.1. The van der Waals surface area contributed by atoms with Gasteiger partial charge in [0.05, 0.1) is 12.3 Å². The number of nitrogens with zero attached hydrogens (tertiary/aromatic N) is 1. The standard InChI is InChI=1S/C22H20FNO2/c1-2-25-21-11-9-20(10-12-21)24-15-17-5-4-8-22(14-17)26-16-18-6-3-7-19(23)13-18/h3-15H,2,16H2,1H3. The minimum atomic E-state index is -0.262. The summed E-state index contributed by atoms with van der Waals surface area (Å²) in [5.41, 5.74) is 2.56. The molecule has 0 fully saturated rings. The van der Waals surface area contributed by atoms with E-state index in [2.05, 4.69) is 4.99 Å². The maximum atomic E-state index is 13.2. The van der Waals surface area contributed by atoms with Gasteiger partial charge in [-0.05, 0) is 66.6 Å². The van der Waals surface area contributed by atoms with E-state index in [0.29, 0.717) is 19.0 Å². The Balaban J connectivity index is 1.63. The van der Waals surface area contributed by atoms with Gasteiger partial charge in [0.25, 0.3) is 0 Å². The largest absolute Gasteiger partial charge is 0.494 e. The van der Waals surface area contributed by atoms with Crippen LogP contribution < -0.4 is 9.47 Å². The van der Waals surface area contributed by atoms with Crippen LogP contribution in [0.3, 0.4) is 0 Å². The number of hydrogen-bond acceptors (Lipinski definition) is 3. The summed E-state index contributed by atoms with van der Waals surface area (Å²) in [6.07, 6.45) is 1.78. The Bertz CT molecular complexity index is 875. The van der Waals surface area contributed by atoms with Crippen molar-refractivity contribution >= 4 is 11.9 Å². The number of hydrogen-bond donors (Lipinski definition) is 0. The lowest BCUT2D eigenvalue weighted by Crippen LogP contribution is -1.96. The van der Waals surface area contributed by atoms with Gasteiger partial charge in [-0.25, -0.2) is 4.39 Å². The van der Waals surface area contributed by atoms with Gasteiger partial charge >= 0.3 is 0 Å². The minimum absolute atomic E-state index is 0.262. The molecule has 0 unspecified atom stereocenters. The summed E-state index contributed by atoms with van der Waals surface area (Å²) in [7, 11) is 0. The lowest BCUT2D eigenvalue weighted by Gasteiger charge is -2.07. The van der Waals surface area contributed by atoms with E-state index in [0.717, 1.165) is 22.6 Å². The first kappa shape index (κ1) is 17.7. The Kier molecular flexibility index (Phi) is 5.99. The zero-order valence-electron chi connectivity index (χ0n) is 14.6. The van der Waals surface area contributed by atoms with E-state index in [1.165, 1.54) is 12.1 Å². The first-order valence-corrected chi connectivity index (χ1v) is 8.47. The van der Waals surface area contributed by atoms with Crippen LogP contribution in [-0.2, 0) is 6.61 Å². The second-order valence-electron chi connectivity index (χ2n) is 5.68. The summed E-state index contributed by atoms with van der Waals surface area (Å²) in [4.78, 5) is 4.46. The van der Waals surface area contributed by atoms with E-state index in [-0.39, 0.29) is 5.82 Å². The molecule has 0 aliphatic rings. The molecule has 0 N–H and O–H groups in total. The van der Waals surface area contributed by atoms with Crippen LogP contribution in [-0.4, -0.2) is 12.8 Å². The second-order valence-corrected chi connectivity index (χ2v) is 5.68. The topological polar surface area (TPSA) is 30.8 Å². The van der Waals surface area contributed by atoms with E-state index >= 15 is 0 Å². The number of benzene rings is 3. The van der Waals surface area contributed by atoms with Crippen LogP contribution in [0.5, 0.6) is 11.5 Å². The molecule has 0 aliphatic heterocycles. The Labute approximate surface area is 152 Å². The summed E-state index contributed by atoms with van der Waals surface area (Å²) >= 11 is 0. The summed E-state index contributed by atoms with van der Waals surface area (Å²) in [6, 6.07) is 21.6. The third-order valence-electron chi connectivity index (χ3n) is 3.66. The third-order valence-corrected chi connectivity index (χ3v) is 3.66. The molecule has 0 spiro atoms. The van der Waals surface area contributed by atoms with E-state index in [9.17, 15) is 4.39 Å². The summed E-state index contributed by atoms with van der Waals surface area (Å²) in [5, 5.41) is 0. The molecular formula is C22H20FNO2. The van der Waals surface area contributed by atoms with E-state index in [1.54, 1.807) is 12.3 Å². The van der Waals surface area contributed by atoms with Crippen LogP contribution in [0.25, 0.3) is 0 Å². The van der Waals surface area contributed by atoms with Crippen molar-refractivity contribution in [1.29, 1.82) is 0 Å². The van der Waals surface area contributed by atoms with Gasteiger partial charge < -0.3 is 9.47 Å².